The average Bonchev–Trinajstić information content (AvgIpc) is 3.03. The van der Waals surface area contributed by atoms with Gasteiger partial charge in [-0.15, -0.1) is 11.3 Å². The number of aromatic nitrogens is 1. The van der Waals surface area contributed by atoms with Gasteiger partial charge in [-0.1, -0.05) is 26.0 Å². The first-order valence-electron chi connectivity index (χ1n) is 8.09. The zero-order valence-corrected chi connectivity index (χ0v) is 15.0. The van der Waals surface area contributed by atoms with Crippen molar-refractivity contribution >= 4 is 17.2 Å². The lowest BCUT2D eigenvalue weighted by molar-refractivity contribution is -0.130. The van der Waals surface area contributed by atoms with Gasteiger partial charge in [0.2, 0.25) is 5.91 Å². The predicted molar refractivity (Wildman–Crippen MR) is 93.9 cm³/mol. The smallest absolute Gasteiger partial charge is 0.228 e. The summed E-state index contributed by atoms with van der Waals surface area (Å²) in [4.78, 5) is 18.6. The maximum absolute atomic E-state index is 12.4. The van der Waals surface area contributed by atoms with Crippen LogP contribution in [0.25, 0.3) is 0 Å². The minimum absolute atomic E-state index is 0.0399. The molecule has 1 aliphatic rings. The number of rotatable bonds is 5. The summed E-state index contributed by atoms with van der Waals surface area (Å²) >= 11 is 1.61. The van der Waals surface area contributed by atoms with E-state index in [1.165, 1.54) is 0 Å². The highest BCUT2D eigenvalue weighted by atomic mass is 32.1. The van der Waals surface area contributed by atoms with Crippen molar-refractivity contribution in [2.45, 2.75) is 32.3 Å². The second kappa shape index (κ2) is 7.21. The molecular weight excluding hydrogens is 324 g/mol. The summed E-state index contributed by atoms with van der Waals surface area (Å²) in [5.74, 6) is 1.92. The minimum Gasteiger partial charge on any atom is -0.486 e. The Hall–Kier alpha value is -2.08. The number of thiazole rings is 1. The Bertz CT molecular complexity index is 714. The zero-order valence-electron chi connectivity index (χ0n) is 14.2. The fourth-order valence-electron chi connectivity index (χ4n) is 2.52. The molecule has 6 heteroatoms. The highest BCUT2D eigenvalue weighted by Gasteiger charge is 2.24. The van der Waals surface area contributed by atoms with E-state index < -0.39 is 0 Å². The van der Waals surface area contributed by atoms with E-state index in [2.05, 4.69) is 18.8 Å². The molecule has 0 spiro atoms. The van der Waals surface area contributed by atoms with E-state index in [1.807, 2.05) is 29.6 Å². The largest absolute Gasteiger partial charge is 0.486 e. The number of likely N-dealkylation sites (N-methyl/N-ethyl adjacent to an activating group) is 1. The summed E-state index contributed by atoms with van der Waals surface area (Å²) in [6, 6.07) is 7.59. The van der Waals surface area contributed by atoms with Gasteiger partial charge in [-0.25, -0.2) is 4.98 Å². The first-order valence-corrected chi connectivity index (χ1v) is 8.97. The third-order valence-corrected chi connectivity index (χ3v) is 5.06. The molecule has 0 N–H and O–H groups in total. The maximum atomic E-state index is 12.4. The van der Waals surface area contributed by atoms with Gasteiger partial charge in [0.05, 0.1) is 23.7 Å². The molecule has 1 aliphatic heterocycles. The van der Waals surface area contributed by atoms with E-state index >= 15 is 0 Å². The van der Waals surface area contributed by atoms with Crippen LogP contribution in [0.5, 0.6) is 11.5 Å². The summed E-state index contributed by atoms with van der Waals surface area (Å²) < 4.78 is 11.6. The van der Waals surface area contributed by atoms with Gasteiger partial charge < -0.3 is 14.4 Å². The average molecular weight is 346 g/mol. The van der Waals surface area contributed by atoms with Crippen LogP contribution in [0, 0.1) is 0 Å². The van der Waals surface area contributed by atoms with Crippen molar-refractivity contribution in [3.8, 4) is 11.5 Å². The summed E-state index contributed by atoms with van der Waals surface area (Å²) in [6.45, 7) is 5.15. The Morgan fingerprint density at radius 1 is 1.38 bits per heavy atom. The third-order valence-electron chi connectivity index (χ3n) is 3.87. The fourth-order valence-corrected chi connectivity index (χ4v) is 3.35. The van der Waals surface area contributed by atoms with Crippen LogP contribution < -0.4 is 9.47 Å². The first kappa shape index (κ1) is 16.8. The highest BCUT2D eigenvalue weighted by Crippen LogP contribution is 2.31. The van der Waals surface area contributed by atoms with Crippen LogP contribution in [-0.2, 0) is 11.2 Å². The molecule has 0 bridgehead atoms. The Kier molecular flexibility index (Phi) is 5.04. The van der Waals surface area contributed by atoms with Crippen molar-refractivity contribution in [1.82, 2.24) is 9.88 Å². The van der Waals surface area contributed by atoms with Crippen LogP contribution in [0.15, 0.2) is 29.6 Å². The van der Waals surface area contributed by atoms with Gasteiger partial charge in [0.15, 0.2) is 17.6 Å². The van der Waals surface area contributed by atoms with Crippen molar-refractivity contribution in [3.05, 3.63) is 40.3 Å². The van der Waals surface area contributed by atoms with E-state index in [4.69, 9.17) is 9.47 Å². The molecule has 0 radical (unpaired) electrons. The molecule has 1 atom stereocenters. The Morgan fingerprint density at radius 3 is 2.83 bits per heavy atom. The molecule has 5 nitrogen and oxygen atoms in total. The SMILES string of the molecule is CC(C)c1nc(CC(=O)N(C)C[C@@H]2COc3ccccc3O2)cs1. The number of hydrogen-bond donors (Lipinski definition) is 0. The molecule has 0 aliphatic carbocycles. The van der Waals surface area contributed by atoms with Crippen molar-refractivity contribution in [2.75, 3.05) is 20.2 Å². The van der Waals surface area contributed by atoms with Gasteiger partial charge in [-0.05, 0) is 12.1 Å². The van der Waals surface area contributed by atoms with Crippen LogP contribution in [0.3, 0.4) is 0 Å². The summed E-state index contributed by atoms with van der Waals surface area (Å²) in [6.07, 6.45) is 0.166. The Morgan fingerprint density at radius 2 is 2.12 bits per heavy atom. The quantitative estimate of drug-likeness (QED) is 0.835. The molecular formula is C18H22N2O3S. The lowest BCUT2D eigenvalue weighted by atomic mass is 10.2. The van der Waals surface area contributed by atoms with Gasteiger partial charge >= 0.3 is 0 Å². The second-order valence-electron chi connectivity index (χ2n) is 6.28. The molecule has 1 aromatic heterocycles. The molecule has 128 valence electrons. The number of carbonyl (C=O) groups excluding carboxylic acids is 1. The van der Waals surface area contributed by atoms with Gasteiger partial charge in [0, 0.05) is 18.3 Å². The van der Waals surface area contributed by atoms with Crippen LogP contribution >= 0.6 is 11.3 Å². The molecule has 3 rings (SSSR count). The van der Waals surface area contributed by atoms with Crippen LogP contribution in [0.1, 0.15) is 30.5 Å². The van der Waals surface area contributed by atoms with E-state index in [1.54, 1.807) is 23.3 Å². The molecule has 0 unspecified atom stereocenters. The van der Waals surface area contributed by atoms with Gasteiger partial charge in [-0.3, -0.25) is 4.79 Å². The van der Waals surface area contributed by atoms with Crippen molar-refractivity contribution < 1.29 is 14.3 Å². The molecule has 2 heterocycles. The molecule has 24 heavy (non-hydrogen) atoms. The maximum Gasteiger partial charge on any atom is 0.228 e. The minimum atomic E-state index is -0.157. The lowest BCUT2D eigenvalue weighted by Crippen LogP contribution is -2.42. The van der Waals surface area contributed by atoms with E-state index in [0.717, 1.165) is 22.2 Å². The third kappa shape index (κ3) is 3.87. The van der Waals surface area contributed by atoms with Crippen LogP contribution in [-0.4, -0.2) is 42.1 Å². The number of carbonyl (C=O) groups is 1. The standard InChI is InChI=1S/C18H22N2O3S/c1-12(2)18-19-13(11-24-18)8-17(21)20(3)9-14-10-22-15-6-4-5-7-16(15)23-14/h4-7,11-12,14H,8-10H2,1-3H3/t14-/m1/s1. The van der Waals surface area contributed by atoms with E-state index in [-0.39, 0.29) is 12.0 Å². The van der Waals surface area contributed by atoms with Crippen molar-refractivity contribution in [1.29, 1.82) is 0 Å². The van der Waals surface area contributed by atoms with E-state index in [9.17, 15) is 4.79 Å². The van der Waals surface area contributed by atoms with Gasteiger partial charge in [0.25, 0.3) is 0 Å². The number of hydrogen-bond acceptors (Lipinski definition) is 5. The number of para-hydroxylation sites is 2. The second-order valence-corrected chi connectivity index (χ2v) is 7.17. The number of nitrogens with zero attached hydrogens (tertiary/aromatic N) is 2. The van der Waals surface area contributed by atoms with Crippen LogP contribution in [0.4, 0.5) is 0 Å². The lowest BCUT2D eigenvalue weighted by Gasteiger charge is -2.29. The first-order chi connectivity index (χ1) is 11.5. The fraction of sp³-hybridized carbons (Fsp3) is 0.444. The van der Waals surface area contributed by atoms with E-state index in [0.29, 0.717) is 25.5 Å². The highest BCUT2D eigenvalue weighted by molar-refractivity contribution is 7.09. The summed E-state index contributed by atoms with van der Waals surface area (Å²) in [5.41, 5.74) is 0.840. The van der Waals surface area contributed by atoms with Crippen LogP contribution in [0.2, 0.25) is 0 Å². The summed E-state index contributed by atoms with van der Waals surface area (Å²) in [5, 5.41) is 3.04. The number of benzene rings is 1. The molecule has 1 amide bonds. The Balaban J connectivity index is 1.54. The number of fused-ring (bicyclic) bond motifs is 1. The molecule has 0 saturated heterocycles. The monoisotopic (exact) mass is 346 g/mol. The van der Waals surface area contributed by atoms with Gasteiger partial charge in [0.1, 0.15) is 6.61 Å². The van der Waals surface area contributed by atoms with Crippen molar-refractivity contribution in [3.63, 3.8) is 0 Å². The zero-order chi connectivity index (χ0) is 17.1. The number of ether oxygens (including phenoxy) is 2. The molecule has 2 aromatic rings. The molecule has 0 fully saturated rings. The van der Waals surface area contributed by atoms with Gasteiger partial charge in [-0.2, -0.15) is 0 Å². The van der Waals surface area contributed by atoms with Crippen molar-refractivity contribution in [2.24, 2.45) is 0 Å². The topological polar surface area (TPSA) is 51.7 Å². The predicted octanol–water partition coefficient (Wildman–Crippen LogP) is 3.11. The normalized spacial score (nSPS) is 16.2. The number of amides is 1. The molecule has 1 aromatic carbocycles. The molecule has 0 saturated carbocycles. The summed E-state index contributed by atoms with van der Waals surface area (Å²) in [7, 11) is 1.79. The Labute approximate surface area is 146 Å².